The van der Waals surface area contributed by atoms with Crippen LogP contribution < -0.4 is 4.87 Å². The number of rotatable bonds is 3. The average molecular weight is 432 g/mol. The summed E-state index contributed by atoms with van der Waals surface area (Å²) in [7, 11) is -2.02. The van der Waals surface area contributed by atoms with Gasteiger partial charge in [-0.05, 0) is 37.3 Å². The van der Waals surface area contributed by atoms with Crippen LogP contribution in [0.5, 0.6) is 0 Å². The van der Waals surface area contributed by atoms with Crippen LogP contribution in [0.3, 0.4) is 0 Å². The van der Waals surface area contributed by atoms with E-state index in [-0.39, 0.29) is 28.8 Å². The molecule has 152 valence electrons. The van der Waals surface area contributed by atoms with Crippen molar-refractivity contribution in [3.8, 4) is 0 Å². The van der Waals surface area contributed by atoms with Crippen LogP contribution in [0.2, 0.25) is 0 Å². The van der Waals surface area contributed by atoms with Crippen LogP contribution in [0.1, 0.15) is 15.9 Å². The number of benzene rings is 2. The molecule has 9 heteroatoms. The van der Waals surface area contributed by atoms with E-state index in [1.54, 1.807) is 30.1 Å². The molecule has 2 heterocycles. The first-order chi connectivity index (χ1) is 13.8. The molecule has 0 aliphatic carbocycles. The molecule has 1 aromatic heterocycles. The standard InChI is InChI=1S/C20H21N3O4S2/c1-14-4-3-5-15(12-14)19(24)22-8-10-23(11-9-22)29(26,27)16-6-7-17-18(13-16)28-20(25)21(17)2/h3-7,12-13H,8-11H2,1-2H3. The third-order valence-corrected chi connectivity index (χ3v) is 8.08. The van der Waals surface area contributed by atoms with E-state index in [9.17, 15) is 18.0 Å². The summed E-state index contributed by atoms with van der Waals surface area (Å²) in [6.45, 7) is 3.09. The fraction of sp³-hybridized carbons (Fsp3) is 0.300. The van der Waals surface area contributed by atoms with E-state index in [4.69, 9.17) is 0 Å². The van der Waals surface area contributed by atoms with Crippen molar-refractivity contribution in [1.29, 1.82) is 0 Å². The van der Waals surface area contributed by atoms with E-state index in [0.29, 0.717) is 28.9 Å². The second-order valence-electron chi connectivity index (χ2n) is 7.12. The van der Waals surface area contributed by atoms with Gasteiger partial charge in [0.15, 0.2) is 0 Å². The van der Waals surface area contributed by atoms with Gasteiger partial charge in [-0.3, -0.25) is 9.59 Å². The molecule has 1 saturated heterocycles. The SMILES string of the molecule is Cc1cccc(C(=O)N2CCN(S(=O)(=O)c3ccc4c(c3)sc(=O)n4C)CC2)c1. The van der Waals surface area contributed by atoms with E-state index in [0.717, 1.165) is 16.9 Å². The van der Waals surface area contributed by atoms with Crippen LogP contribution in [0, 0.1) is 6.92 Å². The Labute approximate surface area is 172 Å². The van der Waals surface area contributed by atoms with Crippen LogP contribution in [0.25, 0.3) is 10.2 Å². The second-order valence-corrected chi connectivity index (χ2v) is 10.1. The van der Waals surface area contributed by atoms with Crippen molar-refractivity contribution < 1.29 is 13.2 Å². The van der Waals surface area contributed by atoms with Gasteiger partial charge in [0.05, 0.1) is 15.1 Å². The molecule has 0 unspecified atom stereocenters. The van der Waals surface area contributed by atoms with E-state index in [2.05, 4.69) is 0 Å². The largest absolute Gasteiger partial charge is 0.336 e. The smallest absolute Gasteiger partial charge is 0.307 e. The number of carbonyl (C=O) groups excluding carboxylic acids is 1. The molecule has 0 bridgehead atoms. The maximum absolute atomic E-state index is 13.1. The van der Waals surface area contributed by atoms with Gasteiger partial charge >= 0.3 is 4.87 Å². The molecule has 1 aliphatic rings. The van der Waals surface area contributed by atoms with Gasteiger partial charge in [0.1, 0.15) is 0 Å². The van der Waals surface area contributed by atoms with Crippen LogP contribution in [-0.2, 0) is 17.1 Å². The zero-order valence-corrected chi connectivity index (χ0v) is 17.8. The van der Waals surface area contributed by atoms with Crippen LogP contribution in [-0.4, -0.2) is 54.3 Å². The molecule has 1 amide bonds. The number of carbonyl (C=O) groups is 1. The summed E-state index contributed by atoms with van der Waals surface area (Å²) in [5.74, 6) is -0.0822. The minimum absolute atomic E-state index is 0.0822. The summed E-state index contributed by atoms with van der Waals surface area (Å²) >= 11 is 1.03. The number of amides is 1. The lowest BCUT2D eigenvalue weighted by Gasteiger charge is -2.34. The Morgan fingerprint density at radius 1 is 1.03 bits per heavy atom. The summed E-state index contributed by atoms with van der Waals surface area (Å²) in [4.78, 5) is 26.2. The zero-order chi connectivity index (χ0) is 20.8. The summed E-state index contributed by atoms with van der Waals surface area (Å²) in [6.07, 6.45) is 0. The molecule has 0 N–H and O–H groups in total. The van der Waals surface area contributed by atoms with Gasteiger partial charge in [0.25, 0.3) is 5.91 Å². The first-order valence-electron chi connectivity index (χ1n) is 9.23. The van der Waals surface area contributed by atoms with E-state index < -0.39 is 10.0 Å². The highest BCUT2D eigenvalue weighted by Crippen LogP contribution is 2.24. The van der Waals surface area contributed by atoms with Crippen molar-refractivity contribution in [1.82, 2.24) is 13.8 Å². The molecule has 1 fully saturated rings. The van der Waals surface area contributed by atoms with Crippen LogP contribution in [0.4, 0.5) is 0 Å². The Morgan fingerprint density at radius 2 is 1.76 bits per heavy atom. The Balaban J connectivity index is 1.51. The molecule has 0 radical (unpaired) electrons. The lowest BCUT2D eigenvalue weighted by atomic mass is 10.1. The number of hydrogen-bond donors (Lipinski definition) is 0. The zero-order valence-electron chi connectivity index (χ0n) is 16.2. The molecule has 0 saturated carbocycles. The Kier molecular flexibility index (Phi) is 5.05. The van der Waals surface area contributed by atoms with Gasteiger partial charge in [-0.25, -0.2) is 8.42 Å². The predicted molar refractivity (Wildman–Crippen MR) is 113 cm³/mol. The van der Waals surface area contributed by atoms with Gasteiger partial charge in [0.2, 0.25) is 10.0 Å². The molecule has 4 rings (SSSR count). The molecule has 29 heavy (non-hydrogen) atoms. The fourth-order valence-electron chi connectivity index (χ4n) is 3.52. The van der Waals surface area contributed by atoms with Crippen molar-refractivity contribution in [2.45, 2.75) is 11.8 Å². The Morgan fingerprint density at radius 3 is 2.45 bits per heavy atom. The number of sulfonamides is 1. The summed E-state index contributed by atoms with van der Waals surface area (Å²) in [6, 6.07) is 12.1. The van der Waals surface area contributed by atoms with Gasteiger partial charge in [0, 0.05) is 38.8 Å². The number of hydrogen-bond acceptors (Lipinski definition) is 5. The van der Waals surface area contributed by atoms with Gasteiger partial charge in [-0.15, -0.1) is 0 Å². The molecule has 0 spiro atoms. The van der Waals surface area contributed by atoms with Crippen molar-refractivity contribution in [2.75, 3.05) is 26.2 Å². The fourth-order valence-corrected chi connectivity index (χ4v) is 5.96. The average Bonchev–Trinajstić information content (AvgIpc) is 3.00. The van der Waals surface area contributed by atoms with Crippen molar-refractivity contribution in [3.63, 3.8) is 0 Å². The van der Waals surface area contributed by atoms with Crippen LogP contribution in [0.15, 0.2) is 52.2 Å². The highest BCUT2D eigenvalue weighted by molar-refractivity contribution is 7.89. The van der Waals surface area contributed by atoms with Gasteiger partial charge in [-0.2, -0.15) is 4.31 Å². The van der Waals surface area contributed by atoms with E-state index in [1.165, 1.54) is 14.9 Å². The lowest BCUT2D eigenvalue weighted by molar-refractivity contribution is 0.0698. The second kappa shape index (κ2) is 7.40. The molecule has 1 aliphatic heterocycles. The number of thiazole rings is 1. The highest BCUT2D eigenvalue weighted by Gasteiger charge is 2.30. The van der Waals surface area contributed by atoms with E-state index >= 15 is 0 Å². The third kappa shape index (κ3) is 3.61. The third-order valence-electron chi connectivity index (χ3n) is 5.19. The summed E-state index contributed by atoms with van der Waals surface area (Å²) in [5, 5.41) is 0. The van der Waals surface area contributed by atoms with Crippen molar-refractivity contribution in [3.05, 3.63) is 63.3 Å². The Hall–Kier alpha value is -2.49. The predicted octanol–water partition coefficient (Wildman–Crippen LogP) is 2.06. The maximum Gasteiger partial charge on any atom is 0.307 e. The Bertz CT molecular complexity index is 1250. The highest BCUT2D eigenvalue weighted by atomic mass is 32.2. The minimum Gasteiger partial charge on any atom is -0.336 e. The first kappa shape index (κ1) is 19.8. The number of fused-ring (bicyclic) bond motifs is 1. The molecule has 7 nitrogen and oxygen atoms in total. The number of nitrogens with zero attached hydrogens (tertiary/aromatic N) is 3. The minimum atomic E-state index is -3.69. The van der Waals surface area contributed by atoms with Gasteiger partial charge in [-0.1, -0.05) is 29.0 Å². The molecule has 3 aromatic rings. The molecular weight excluding hydrogens is 410 g/mol. The number of piperazine rings is 1. The van der Waals surface area contributed by atoms with E-state index in [1.807, 2.05) is 25.1 Å². The van der Waals surface area contributed by atoms with Crippen LogP contribution >= 0.6 is 11.3 Å². The number of aryl methyl sites for hydroxylation is 2. The lowest BCUT2D eigenvalue weighted by Crippen LogP contribution is -2.50. The monoisotopic (exact) mass is 431 g/mol. The molecule has 2 aromatic carbocycles. The maximum atomic E-state index is 13.1. The number of aromatic nitrogens is 1. The van der Waals surface area contributed by atoms with Crippen molar-refractivity contribution >= 4 is 37.5 Å². The van der Waals surface area contributed by atoms with Crippen molar-refractivity contribution in [2.24, 2.45) is 7.05 Å². The molecular formula is C20H21N3O4S2. The normalized spacial score (nSPS) is 15.7. The quantitative estimate of drug-likeness (QED) is 0.636. The van der Waals surface area contributed by atoms with Gasteiger partial charge < -0.3 is 9.47 Å². The summed E-state index contributed by atoms with van der Waals surface area (Å²) < 4.78 is 29.7. The first-order valence-corrected chi connectivity index (χ1v) is 11.5. The molecule has 0 atom stereocenters. The topological polar surface area (TPSA) is 79.7 Å². The summed E-state index contributed by atoms with van der Waals surface area (Å²) in [5.41, 5.74) is 2.34.